The summed E-state index contributed by atoms with van der Waals surface area (Å²) < 4.78 is 0. The Hall–Kier alpha value is -3.15. The van der Waals surface area contributed by atoms with Crippen LogP contribution in [0.1, 0.15) is 24.2 Å². The van der Waals surface area contributed by atoms with E-state index in [1.165, 1.54) is 4.90 Å². The summed E-state index contributed by atoms with van der Waals surface area (Å²) in [6.45, 7) is 3.54. The lowest BCUT2D eigenvalue weighted by Crippen LogP contribution is -2.26. The summed E-state index contributed by atoms with van der Waals surface area (Å²) in [6, 6.07) is 15.9. The number of carboxylic acid groups (broad SMARTS) is 1. The highest BCUT2D eigenvalue weighted by atomic mass is 16.4. The fourth-order valence-corrected chi connectivity index (χ4v) is 3.50. The third kappa shape index (κ3) is 3.56. The number of hydrogen-bond donors (Lipinski definition) is 2. The van der Waals surface area contributed by atoms with Gasteiger partial charge in [0.25, 0.3) is 5.91 Å². The van der Waals surface area contributed by atoms with Crippen LogP contribution < -0.4 is 10.2 Å². The number of nitrogens with zero attached hydrogens (tertiary/aromatic N) is 1. The first-order valence-electron chi connectivity index (χ1n) is 8.70. The maximum Gasteiger partial charge on any atom is 0.307 e. The van der Waals surface area contributed by atoms with Crippen molar-refractivity contribution in [1.82, 2.24) is 0 Å². The zero-order valence-corrected chi connectivity index (χ0v) is 15.5. The molecule has 1 aliphatic carbocycles. The summed E-state index contributed by atoms with van der Waals surface area (Å²) in [5.74, 6) is -2.78. The van der Waals surface area contributed by atoms with Crippen LogP contribution in [-0.2, 0) is 9.59 Å². The van der Waals surface area contributed by atoms with Gasteiger partial charge in [-0.2, -0.15) is 0 Å². The molecule has 0 aromatic heterocycles. The molecule has 0 saturated heterocycles. The van der Waals surface area contributed by atoms with Crippen molar-refractivity contribution in [2.24, 2.45) is 17.3 Å². The number of para-hydroxylation sites is 1. The first-order chi connectivity index (χ1) is 12.7. The highest BCUT2D eigenvalue weighted by molar-refractivity contribution is 6.07. The molecule has 27 heavy (non-hydrogen) atoms. The van der Waals surface area contributed by atoms with Crippen LogP contribution in [0.15, 0.2) is 54.6 Å². The van der Waals surface area contributed by atoms with Crippen LogP contribution in [0.25, 0.3) is 0 Å². The average molecular weight is 366 g/mol. The van der Waals surface area contributed by atoms with E-state index >= 15 is 0 Å². The van der Waals surface area contributed by atoms with Crippen molar-refractivity contribution in [2.45, 2.75) is 13.8 Å². The van der Waals surface area contributed by atoms with Crippen LogP contribution in [0.5, 0.6) is 0 Å². The Bertz CT molecular complexity index is 892. The van der Waals surface area contributed by atoms with Crippen molar-refractivity contribution in [2.75, 3.05) is 17.3 Å². The van der Waals surface area contributed by atoms with Crippen LogP contribution in [-0.4, -0.2) is 29.9 Å². The first kappa shape index (κ1) is 18.6. The summed E-state index contributed by atoms with van der Waals surface area (Å²) >= 11 is 0. The predicted molar refractivity (Wildman–Crippen MR) is 103 cm³/mol. The number of anilines is 2. The molecule has 3 rings (SSSR count). The Labute approximate surface area is 157 Å². The Balaban J connectivity index is 1.74. The van der Waals surface area contributed by atoms with Gasteiger partial charge in [-0.25, -0.2) is 0 Å². The molecule has 140 valence electrons. The molecule has 0 aliphatic heterocycles. The fourth-order valence-electron chi connectivity index (χ4n) is 3.50. The smallest absolute Gasteiger partial charge is 0.307 e. The third-order valence-electron chi connectivity index (χ3n) is 5.20. The van der Waals surface area contributed by atoms with Crippen LogP contribution in [0.2, 0.25) is 0 Å². The molecule has 6 heteroatoms. The molecule has 0 spiro atoms. The SMILES string of the molecule is CN(C(=O)c1cccc(NC(=O)[C@H]2[C@@H](C(=O)O)C2(C)C)c1)c1ccccc1. The van der Waals surface area contributed by atoms with Crippen molar-refractivity contribution < 1.29 is 19.5 Å². The lowest BCUT2D eigenvalue weighted by Gasteiger charge is -2.17. The highest BCUT2D eigenvalue weighted by Gasteiger charge is 2.65. The van der Waals surface area contributed by atoms with Crippen LogP contribution in [0.4, 0.5) is 11.4 Å². The van der Waals surface area contributed by atoms with Gasteiger partial charge in [0, 0.05) is 24.0 Å². The molecule has 2 amide bonds. The van der Waals surface area contributed by atoms with E-state index in [1.54, 1.807) is 45.2 Å². The van der Waals surface area contributed by atoms with Gasteiger partial charge < -0.3 is 15.3 Å². The van der Waals surface area contributed by atoms with Crippen molar-refractivity contribution in [1.29, 1.82) is 0 Å². The van der Waals surface area contributed by atoms with E-state index in [2.05, 4.69) is 5.32 Å². The molecule has 1 fully saturated rings. The van der Waals surface area contributed by atoms with Gasteiger partial charge in [0.05, 0.1) is 11.8 Å². The Morgan fingerprint density at radius 1 is 1.00 bits per heavy atom. The lowest BCUT2D eigenvalue weighted by atomic mass is 10.1. The van der Waals surface area contributed by atoms with E-state index in [-0.39, 0.29) is 11.8 Å². The second-order valence-electron chi connectivity index (χ2n) is 7.38. The van der Waals surface area contributed by atoms with E-state index in [9.17, 15) is 19.5 Å². The Morgan fingerprint density at radius 2 is 1.67 bits per heavy atom. The molecular weight excluding hydrogens is 344 g/mol. The second kappa shape index (κ2) is 6.87. The van der Waals surface area contributed by atoms with E-state index in [0.29, 0.717) is 11.3 Å². The summed E-state index contributed by atoms with van der Waals surface area (Å²) in [5.41, 5.74) is 1.10. The number of carboxylic acids is 1. The van der Waals surface area contributed by atoms with Gasteiger partial charge in [-0.3, -0.25) is 14.4 Å². The van der Waals surface area contributed by atoms with Gasteiger partial charge >= 0.3 is 5.97 Å². The lowest BCUT2D eigenvalue weighted by molar-refractivity contribution is -0.140. The van der Waals surface area contributed by atoms with Crippen molar-refractivity contribution in [3.8, 4) is 0 Å². The normalized spacial score (nSPS) is 19.8. The van der Waals surface area contributed by atoms with Crippen LogP contribution in [0.3, 0.4) is 0 Å². The number of amides is 2. The molecule has 2 atom stereocenters. The van der Waals surface area contributed by atoms with E-state index in [4.69, 9.17) is 0 Å². The van der Waals surface area contributed by atoms with Crippen molar-refractivity contribution in [3.05, 3.63) is 60.2 Å². The molecule has 2 aromatic carbocycles. The number of benzene rings is 2. The standard InChI is InChI=1S/C21H22N2O4/c1-21(2)16(17(21)20(26)27)18(24)22-14-9-7-8-13(12-14)19(25)23(3)15-10-5-4-6-11-15/h4-12,16-17H,1-3H3,(H,22,24)(H,26,27)/t16-,17+/m1/s1. The van der Waals surface area contributed by atoms with E-state index < -0.39 is 23.2 Å². The number of carbonyl (C=O) groups excluding carboxylic acids is 2. The van der Waals surface area contributed by atoms with Gasteiger partial charge in [-0.15, -0.1) is 0 Å². The predicted octanol–water partition coefficient (Wildman–Crippen LogP) is 3.26. The molecule has 2 N–H and O–H groups in total. The Kier molecular flexibility index (Phi) is 4.74. The highest BCUT2D eigenvalue weighted by Crippen LogP contribution is 2.58. The minimum Gasteiger partial charge on any atom is -0.481 e. The number of nitrogens with one attached hydrogen (secondary N) is 1. The zero-order chi connectivity index (χ0) is 19.8. The molecule has 6 nitrogen and oxygen atoms in total. The van der Waals surface area contributed by atoms with Gasteiger partial charge in [-0.1, -0.05) is 38.1 Å². The molecule has 1 aliphatic rings. The summed E-state index contributed by atoms with van der Waals surface area (Å²) in [4.78, 5) is 38.0. The largest absolute Gasteiger partial charge is 0.481 e. The summed E-state index contributed by atoms with van der Waals surface area (Å²) in [5, 5.41) is 12.0. The molecule has 0 bridgehead atoms. The molecule has 1 saturated carbocycles. The van der Waals surface area contributed by atoms with Crippen LogP contribution in [0, 0.1) is 17.3 Å². The van der Waals surface area contributed by atoms with Gasteiger partial charge in [0.1, 0.15) is 0 Å². The first-order valence-corrected chi connectivity index (χ1v) is 8.70. The molecule has 0 heterocycles. The molecule has 0 unspecified atom stereocenters. The molecular formula is C21H22N2O4. The third-order valence-corrected chi connectivity index (χ3v) is 5.20. The van der Waals surface area contributed by atoms with Gasteiger partial charge in [0.2, 0.25) is 5.91 Å². The molecule has 2 aromatic rings. The maximum absolute atomic E-state index is 12.7. The molecule has 0 radical (unpaired) electrons. The topological polar surface area (TPSA) is 86.7 Å². The second-order valence-corrected chi connectivity index (χ2v) is 7.38. The summed E-state index contributed by atoms with van der Waals surface area (Å²) in [7, 11) is 1.69. The quantitative estimate of drug-likeness (QED) is 0.850. The van der Waals surface area contributed by atoms with Gasteiger partial charge in [-0.05, 0) is 35.7 Å². The Morgan fingerprint density at radius 3 is 2.26 bits per heavy atom. The monoisotopic (exact) mass is 366 g/mol. The minimum absolute atomic E-state index is 0.201. The summed E-state index contributed by atoms with van der Waals surface area (Å²) in [6.07, 6.45) is 0. The van der Waals surface area contributed by atoms with Crippen molar-refractivity contribution >= 4 is 29.2 Å². The van der Waals surface area contributed by atoms with Crippen LogP contribution >= 0.6 is 0 Å². The van der Waals surface area contributed by atoms with Crippen molar-refractivity contribution in [3.63, 3.8) is 0 Å². The van der Waals surface area contributed by atoms with Gasteiger partial charge in [0.15, 0.2) is 0 Å². The van der Waals surface area contributed by atoms with E-state index in [0.717, 1.165) is 5.69 Å². The minimum atomic E-state index is -0.964. The number of rotatable bonds is 5. The van der Waals surface area contributed by atoms with E-state index in [1.807, 2.05) is 30.3 Å². The number of carbonyl (C=O) groups is 3. The number of aliphatic carboxylic acids is 1. The fraction of sp³-hybridized carbons (Fsp3) is 0.286. The maximum atomic E-state index is 12.7. The number of hydrogen-bond acceptors (Lipinski definition) is 3. The zero-order valence-electron chi connectivity index (χ0n) is 15.5. The average Bonchev–Trinajstić information content (AvgIpc) is 3.24.